The van der Waals surface area contributed by atoms with Crippen LogP contribution in [0.2, 0.25) is 0 Å². The number of hydrogen-bond acceptors (Lipinski definition) is 5. The Morgan fingerprint density at radius 1 is 0.795 bits per heavy atom. The summed E-state index contributed by atoms with van der Waals surface area (Å²) in [6.07, 6.45) is 13.7. The van der Waals surface area contributed by atoms with E-state index in [9.17, 15) is 13.6 Å². The lowest BCUT2D eigenvalue weighted by Gasteiger charge is -2.21. The van der Waals surface area contributed by atoms with Gasteiger partial charge in [-0.3, -0.25) is 9.48 Å². The highest BCUT2D eigenvalue weighted by Crippen LogP contribution is 2.29. The molecule has 0 atom stereocenters. The van der Waals surface area contributed by atoms with Crippen LogP contribution >= 0.6 is 0 Å². The van der Waals surface area contributed by atoms with Gasteiger partial charge in [-0.15, -0.1) is 0 Å². The molecule has 0 bridgehead atoms. The van der Waals surface area contributed by atoms with E-state index in [-0.39, 0.29) is 17.7 Å². The highest BCUT2D eigenvalue weighted by atomic mass is 19.1. The van der Waals surface area contributed by atoms with Crippen molar-refractivity contribution in [1.82, 2.24) is 29.5 Å². The SMILES string of the molecule is O=c1ccc(-c2cc(F)cc(F)c2)nn1Cc1cccc(-c2ncc(-c3cnn(C4CCCCC4)c3)cn2)c1. The summed E-state index contributed by atoms with van der Waals surface area (Å²) >= 11 is 0. The Hall–Kier alpha value is -4.53. The average molecular weight is 525 g/mol. The zero-order valence-electron chi connectivity index (χ0n) is 21.2. The van der Waals surface area contributed by atoms with Crippen molar-refractivity contribution >= 4 is 0 Å². The molecule has 1 aliphatic carbocycles. The van der Waals surface area contributed by atoms with Gasteiger partial charge in [0.15, 0.2) is 5.82 Å². The number of hydrogen-bond donors (Lipinski definition) is 0. The van der Waals surface area contributed by atoms with Gasteiger partial charge in [-0.1, -0.05) is 37.5 Å². The maximum Gasteiger partial charge on any atom is 0.267 e. The fourth-order valence-corrected chi connectivity index (χ4v) is 5.06. The standard InChI is InChI=1S/C30H26F2N6O/c31-25-12-22(13-26(32)14-25)28-9-10-29(39)38(36-28)18-20-5-4-6-21(11-20)30-33-15-23(16-34-30)24-17-35-37(19-24)27-7-2-1-3-8-27/h4-6,9-17,19,27H,1-3,7-8,18H2. The van der Waals surface area contributed by atoms with Crippen molar-refractivity contribution in [2.75, 3.05) is 0 Å². The molecule has 2 aromatic carbocycles. The van der Waals surface area contributed by atoms with Crippen LogP contribution in [0, 0.1) is 11.6 Å². The highest BCUT2D eigenvalue weighted by molar-refractivity contribution is 5.63. The zero-order chi connectivity index (χ0) is 26.8. The third-order valence-electron chi connectivity index (χ3n) is 7.08. The van der Waals surface area contributed by atoms with Gasteiger partial charge in [-0.25, -0.2) is 23.4 Å². The quantitative estimate of drug-likeness (QED) is 0.270. The molecule has 0 unspecified atom stereocenters. The molecule has 7 nitrogen and oxygen atoms in total. The maximum atomic E-state index is 13.7. The summed E-state index contributed by atoms with van der Waals surface area (Å²) in [6, 6.07) is 14.0. The molecule has 0 amide bonds. The van der Waals surface area contributed by atoms with Crippen LogP contribution in [0.4, 0.5) is 8.78 Å². The summed E-state index contributed by atoms with van der Waals surface area (Å²) in [5.74, 6) is -0.854. The molecule has 39 heavy (non-hydrogen) atoms. The number of rotatable bonds is 6. The van der Waals surface area contributed by atoms with Crippen LogP contribution in [0.5, 0.6) is 0 Å². The maximum absolute atomic E-state index is 13.7. The summed E-state index contributed by atoms with van der Waals surface area (Å²) in [7, 11) is 0. The van der Waals surface area contributed by atoms with Crippen LogP contribution in [0.25, 0.3) is 33.8 Å². The third kappa shape index (κ3) is 5.52. The van der Waals surface area contributed by atoms with E-state index in [4.69, 9.17) is 0 Å². The summed E-state index contributed by atoms with van der Waals surface area (Å²) in [5, 5.41) is 8.91. The molecule has 6 rings (SSSR count). The van der Waals surface area contributed by atoms with Gasteiger partial charge >= 0.3 is 0 Å². The Morgan fingerprint density at radius 3 is 2.33 bits per heavy atom. The molecule has 0 spiro atoms. The Bertz CT molecular complexity index is 1650. The van der Waals surface area contributed by atoms with E-state index in [1.54, 1.807) is 12.4 Å². The fraction of sp³-hybridized carbons (Fsp3) is 0.233. The molecule has 9 heteroatoms. The topological polar surface area (TPSA) is 78.5 Å². The van der Waals surface area contributed by atoms with Crippen molar-refractivity contribution in [3.05, 3.63) is 107 Å². The fourth-order valence-electron chi connectivity index (χ4n) is 5.06. The van der Waals surface area contributed by atoms with Gasteiger partial charge in [0, 0.05) is 53.0 Å². The van der Waals surface area contributed by atoms with Crippen LogP contribution in [0.3, 0.4) is 0 Å². The molecule has 5 aromatic rings. The number of benzene rings is 2. The van der Waals surface area contributed by atoms with Gasteiger partial charge in [0.2, 0.25) is 0 Å². The largest absolute Gasteiger partial charge is 0.269 e. The number of aromatic nitrogens is 6. The molecule has 0 radical (unpaired) electrons. The lowest BCUT2D eigenvalue weighted by molar-refractivity contribution is 0.329. The summed E-state index contributed by atoms with van der Waals surface area (Å²) in [5.41, 5.74) is 3.74. The number of halogens is 2. The van der Waals surface area contributed by atoms with Gasteiger partial charge in [0.05, 0.1) is 24.5 Å². The molecule has 3 aromatic heterocycles. The van der Waals surface area contributed by atoms with Gasteiger partial charge < -0.3 is 0 Å². The predicted molar refractivity (Wildman–Crippen MR) is 144 cm³/mol. The van der Waals surface area contributed by atoms with Crippen molar-refractivity contribution in [3.8, 4) is 33.8 Å². The second kappa shape index (κ2) is 10.7. The molecular formula is C30H26F2N6O. The van der Waals surface area contributed by atoms with E-state index in [1.807, 2.05) is 30.5 Å². The van der Waals surface area contributed by atoms with Gasteiger partial charge in [-0.05, 0) is 42.7 Å². The molecule has 196 valence electrons. The molecule has 0 aliphatic heterocycles. The third-order valence-corrected chi connectivity index (χ3v) is 7.08. The molecule has 1 fully saturated rings. The minimum atomic E-state index is -0.707. The number of nitrogens with zero attached hydrogens (tertiary/aromatic N) is 6. The van der Waals surface area contributed by atoms with Gasteiger partial charge in [0.25, 0.3) is 5.56 Å². The molecule has 0 saturated heterocycles. The molecular weight excluding hydrogens is 498 g/mol. The summed E-state index contributed by atoms with van der Waals surface area (Å²) in [6.45, 7) is 0.177. The smallest absolute Gasteiger partial charge is 0.267 e. The molecule has 0 N–H and O–H groups in total. The Balaban J connectivity index is 1.21. The summed E-state index contributed by atoms with van der Waals surface area (Å²) in [4.78, 5) is 21.7. The van der Waals surface area contributed by atoms with Crippen LogP contribution in [0.1, 0.15) is 43.7 Å². The average Bonchev–Trinajstić information content (AvgIpc) is 3.45. The van der Waals surface area contributed by atoms with Crippen LogP contribution < -0.4 is 5.56 Å². The first-order valence-electron chi connectivity index (χ1n) is 13.0. The van der Waals surface area contributed by atoms with E-state index in [0.29, 0.717) is 17.6 Å². The first kappa shape index (κ1) is 24.8. The van der Waals surface area contributed by atoms with E-state index < -0.39 is 11.6 Å². The van der Waals surface area contributed by atoms with Crippen molar-refractivity contribution in [1.29, 1.82) is 0 Å². The normalized spacial score (nSPS) is 14.0. The molecule has 3 heterocycles. The van der Waals surface area contributed by atoms with Crippen molar-refractivity contribution in [3.63, 3.8) is 0 Å². The van der Waals surface area contributed by atoms with Crippen molar-refractivity contribution in [2.24, 2.45) is 0 Å². The minimum absolute atomic E-state index is 0.177. The van der Waals surface area contributed by atoms with Gasteiger partial charge in [-0.2, -0.15) is 10.2 Å². The van der Waals surface area contributed by atoms with E-state index in [0.717, 1.165) is 28.3 Å². The van der Waals surface area contributed by atoms with Crippen LogP contribution in [-0.2, 0) is 6.54 Å². The summed E-state index contributed by atoms with van der Waals surface area (Å²) < 4.78 is 30.7. The first-order valence-corrected chi connectivity index (χ1v) is 13.0. The van der Waals surface area contributed by atoms with Crippen LogP contribution in [-0.4, -0.2) is 29.5 Å². The molecule has 1 aliphatic rings. The second-order valence-corrected chi connectivity index (χ2v) is 9.87. The minimum Gasteiger partial charge on any atom is -0.269 e. The monoisotopic (exact) mass is 524 g/mol. The lowest BCUT2D eigenvalue weighted by Crippen LogP contribution is -2.22. The first-order chi connectivity index (χ1) is 19.0. The highest BCUT2D eigenvalue weighted by Gasteiger charge is 2.17. The van der Waals surface area contributed by atoms with Crippen molar-refractivity contribution in [2.45, 2.75) is 44.7 Å². The van der Waals surface area contributed by atoms with Gasteiger partial charge in [0.1, 0.15) is 11.6 Å². The van der Waals surface area contributed by atoms with E-state index in [1.165, 1.54) is 61.1 Å². The lowest BCUT2D eigenvalue weighted by atomic mass is 9.96. The Morgan fingerprint density at radius 2 is 1.56 bits per heavy atom. The van der Waals surface area contributed by atoms with E-state index >= 15 is 0 Å². The van der Waals surface area contributed by atoms with Crippen molar-refractivity contribution < 1.29 is 8.78 Å². The Kier molecular flexibility index (Phi) is 6.79. The van der Waals surface area contributed by atoms with Crippen LogP contribution in [0.15, 0.2) is 84.2 Å². The zero-order valence-corrected chi connectivity index (χ0v) is 21.2. The second-order valence-electron chi connectivity index (χ2n) is 9.87. The Labute approximate surface area is 223 Å². The van der Waals surface area contributed by atoms with E-state index in [2.05, 4.69) is 31.0 Å². The molecule has 1 saturated carbocycles. The predicted octanol–water partition coefficient (Wildman–Crippen LogP) is 6.06.